The summed E-state index contributed by atoms with van der Waals surface area (Å²) in [5, 5.41) is 0. The Morgan fingerprint density at radius 1 is 1.35 bits per heavy atom. The SMILES string of the molecule is CCOCCOc1cccc(C(=O)N2CCOC(C3CC3)C2)c1. The third kappa shape index (κ3) is 4.45. The third-order valence-electron chi connectivity index (χ3n) is 4.31. The summed E-state index contributed by atoms with van der Waals surface area (Å²) in [6, 6.07) is 7.40. The molecule has 1 saturated heterocycles. The smallest absolute Gasteiger partial charge is 0.254 e. The van der Waals surface area contributed by atoms with Crippen LogP contribution in [0.5, 0.6) is 5.75 Å². The largest absolute Gasteiger partial charge is 0.491 e. The molecule has 0 radical (unpaired) electrons. The molecule has 23 heavy (non-hydrogen) atoms. The van der Waals surface area contributed by atoms with Crippen LogP contribution in [0.15, 0.2) is 24.3 Å². The van der Waals surface area contributed by atoms with E-state index in [1.165, 1.54) is 12.8 Å². The maximum absolute atomic E-state index is 12.7. The summed E-state index contributed by atoms with van der Waals surface area (Å²) in [6.07, 6.45) is 2.68. The van der Waals surface area contributed by atoms with Crippen LogP contribution in [-0.2, 0) is 9.47 Å². The summed E-state index contributed by atoms with van der Waals surface area (Å²) >= 11 is 0. The van der Waals surface area contributed by atoms with Gasteiger partial charge in [0.2, 0.25) is 0 Å². The zero-order chi connectivity index (χ0) is 16.1. The molecule has 126 valence electrons. The molecular formula is C18H25NO4. The monoisotopic (exact) mass is 319 g/mol. The van der Waals surface area contributed by atoms with Crippen molar-refractivity contribution >= 4 is 5.91 Å². The van der Waals surface area contributed by atoms with E-state index < -0.39 is 0 Å². The van der Waals surface area contributed by atoms with Crippen LogP contribution in [0.25, 0.3) is 0 Å². The van der Waals surface area contributed by atoms with E-state index in [1.54, 1.807) is 0 Å². The summed E-state index contributed by atoms with van der Waals surface area (Å²) in [7, 11) is 0. The zero-order valence-electron chi connectivity index (χ0n) is 13.7. The third-order valence-corrected chi connectivity index (χ3v) is 4.31. The van der Waals surface area contributed by atoms with Crippen LogP contribution in [0.4, 0.5) is 0 Å². The van der Waals surface area contributed by atoms with Gasteiger partial charge < -0.3 is 19.1 Å². The maximum atomic E-state index is 12.7. The molecule has 1 aliphatic heterocycles. The second-order valence-electron chi connectivity index (χ2n) is 6.07. The minimum Gasteiger partial charge on any atom is -0.491 e. The molecule has 0 N–H and O–H groups in total. The molecule has 5 heteroatoms. The van der Waals surface area contributed by atoms with E-state index in [2.05, 4.69) is 0 Å². The van der Waals surface area contributed by atoms with Gasteiger partial charge in [0.05, 0.1) is 19.3 Å². The highest BCUT2D eigenvalue weighted by Crippen LogP contribution is 2.35. The van der Waals surface area contributed by atoms with Crippen molar-refractivity contribution in [1.29, 1.82) is 0 Å². The Morgan fingerprint density at radius 3 is 3.00 bits per heavy atom. The van der Waals surface area contributed by atoms with Crippen molar-refractivity contribution in [3.63, 3.8) is 0 Å². The number of carbonyl (C=O) groups excluding carboxylic acids is 1. The lowest BCUT2D eigenvalue weighted by Crippen LogP contribution is -2.46. The fourth-order valence-electron chi connectivity index (χ4n) is 2.88. The highest BCUT2D eigenvalue weighted by atomic mass is 16.5. The van der Waals surface area contributed by atoms with Crippen LogP contribution >= 0.6 is 0 Å². The standard InChI is InChI=1S/C18H25NO4/c1-2-21-10-11-22-16-5-3-4-15(12-16)18(20)19-8-9-23-17(13-19)14-6-7-14/h3-5,12,14,17H,2,6-11,13H2,1H3. The molecule has 2 aliphatic rings. The van der Waals surface area contributed by atoms with Crippen molar-refractivity contribution in [2.45, 2.75) is 25.9 Å². The summed E-state index contributed by atoms with van der Waals surface area (Å²) in [5.74, 6) is 1.43. The van der Waals surface area contributed by atoms with Gasteiger partial charge in [-0.2, -0.15) is 0 Å². The lowest BCUT2D eigenvalue weighted by atomic mass is 10.1. The number of benzene rings is 1. The second kappa shape index (κ2) is 7.79. The normalized spacial score (nSPS) is 21.3. The van der Waals surface area contributed by atoms with E-state index in [1.807, 2.05) is 36.1 Å². The molecule has 3 rings (SSSR count). The molecule has 1 amide bonds. The van der Waals surface area contributed by atoms with Crippen LogP contribution in [-0.4, -0.2) is 56.4 Å². The van der Waals surface area contributed by atoms with Gasteiger partial charge >= 0.3 is 0 Å². The number of carbonyl (C=O) groups is 1. The van der Waals surface area contributed by atoms with Crippen molar-refractivity contribution in [1.82, 2.24) is 4.90 Å². The van der Waals surface area contributed by atoms with E-state index in [0.717, 1.165) is 0 Å². The number of rotatable bonds is 7. The van der Waals surface area contributed by atoms with E-state index in [4.69, 9.17) is 14.2 Å². The van der Waals surface area contributed by atoms with Gasteiger partial charge in [-0.1, -0.05) is 6.07 Å². The highest BCUT2D eigenvalue weighted by molar-refractivity contribution is 5.94. The molecule has 5 nitrogen and oxygen atoms in total. The summed E-state index contributed by atoms with van der Waals surface area (Å²) in [5.41, 5.74) is 0.676. The summed E-state index contributed by atoms with van der Waals surface area (Å²) in [4.78, 5) is 14.6. The molecule has 1 aliphatic carbocycles. The molecule has 1 aromatic carbocycles. The first kappa shape index (κ1) is 16.3. The molecule has 1 unspecified atom stereocenters. The van der Waals surface area contributed by atoms with E-state index >= 15 is 0 Å². The van der Waals surface area contributed by atoms with E-state index in [9.17, 15) is 4.79 Å². The maximum Gasteiger partial charge on any atom is 0.254 e. The minimum atomic E-state index is 0.0641. The molecule has 1 aromatic rings. The van der Waals surface area contributed by atoms with E-state index in [-0.39, 0.29) is 12.0 Å². The van der Waals surface area contributed by atoms with Crippen LogP contribution in [0.1, 0.15) is 30.1 Å². The summed E-state index contributed by atoms with van der Waals surface area (Å²) < 4.78 is 16.7. The van der Waals surface area contributed by atoms with Gasteiger partial charge in [0, 0.05) is 25.3 Å². The fraction of sp³-hybridized carbons (Fsp3) is 0.611. The number of hydrogen-bond donors (Lipinski definition) is 0. The van der Waals surface area contributed by atoms with Crippen LogP contribution < -0.4 is 4.74 Å². The molecule has 0 bridgehead atoms. The highest BCUT2D eigenvalue weighted by Gasteiger charge is 2.36. The number of nitrogens with zero attached hydrogens (tertiary/aromatic N) is 1. The van der Waals surface area contributed by atoms with Crippen molar-refractivity contribution in [2.75, 3.05) is 39.5 Å². The Labute approximate surface area is 137 Å². The van der Waals surface area contributed by atoms with Gasteiger partial charge in [0.25, 0.3) is 5.91 Å². The predicted octanol–water partition coefficient (Wildman–Crippen LogP) is 2.35. The Kier molecular flexibility index (Phi) is 5.51. The van der Waals surface area contributed by atoms with Crippen LogP contribution in [0.2, 0.25) is 0 Å². The predicted molar refractivity (Wildman–Crippen MR) is 86.8 cm³/mol. The zero-order valence-corrected chi connectivity index (χ0v) is 13.7. The average molecular weight is 319 g/mol. The number of morpholine rings is 1. The number of hydrogen-bond acceptors (Lipinski definition) is 4. The minimum absolute atomic E-state index is 0.0641. The van der Waals surface area contributed by atoms with Gasteiger partial charge in [-0.05, 0) is 43.9 Å². The van der Waals surface area contributed by atoms with Gasteiger partial charge in [-0.15, -0.1) is 0 Å². The van der Waals surface area contributed by atoms with Crippen molar-refractivity contribution in [3.05, 3.63) is 29.8 Å². The van der Waals surface area contributed by atoms with Crippen molar-refractivity contribution < 1.29 is 19.0 Å². The number of ether oxygens (including phenoxy) is 3. The van der Waals surface area contributed by atoms with Crippen LogP contribution in [0, 0.1) is 5.92 Å². The molecular weight excluding hydrogens is 294 g/mol. The van der Waals surface area contributed by atoms with Crippen molar-refractivity contribution in [3.8, 4) is 5.75 Å². The molecule has 0 aromatic heterocycles. The molecule has 1 saturated carbocycles. The van der Waals surface area contributed by atoms with Crippen molar-refractivity contribution in [2.24, 2.45) is 5.92 Å². The quantitative estimate of drug-likeness (QED) is 0.724. The second-order valence-corrected chi connectivity index (χ2v) is 6.07. The number of amides is 1. The molecule has 2 fully saturated rings. The lowest BCUT2D eigenvalue weighted by Gasteiger charge is -2.33. The average Bonchev–Trinajstić information content (AvgIpc) is 3.44. The Morgan fingerprint density at radius 2 is 2.22 bits per heavy atom. The lowest BCUT2D eigenvalue weighted by molar-refractivity contribution is -0.0313. The van der Waals surface area contributed by atoms with Crippen LogP contribution in [0.3, 0.4) is 0 Å². The molecule has 0 spiro atoms. The summed E-state index contributed by atoms with van der Waals surface area (Å²) in [6.45, 7) is 5.69. The first-order valence-corrected chi connectivity index (χ1v) is 8.49. The Bertz CT molecular complexity index is 530. The molecule has 1 atom stereocenters. The van der Waals surface area contributed by atoms with Gasteiger partial charge in [-0.25, -0.2) is 0 Å². The van der Waals surface area contributed by atoms with Gasteiger partial charge in [-0.3, -0.25) is 4.79 Å². The van der Waals surface area contributed by atoms with E-state index in [0.29, 0.717) is 56.7 Å². The Hall–Kier alpha value is -1.59. The van der Waals surface area contributed by atoms with Gasteiger partial charge in [0.1, 0.15) is 12.4 Å². The molecule has 1 heterocycles. The van der Waals surface area contributed by atoms with Gasteiger partial charge in [0.15, 0.2) is 0 Å². The fourth-order valence-corrected chi connectivity index (χ4v) is 2.88. The topological polar surface area (TPSA) is 48.0 Å². The first-order valence-electron chi connectivity index (χ1n) is 8.49. The first-order chi connectivity index (χ1) is 11.3. The Balaban J connectivity index is 1.57.